The third-order valence-corrected chi connectivity index (χ3v) is 3.19. The Balaban J connectivity index is 2.25. The van der Waals surface area contributed by atoms with Crippen LogP contribution in [0.25, 0.3) is 0 Å². The summed E-state index contributed by atoms with van der Waals surface area (Å²) in [4.78, 5) is 19.1. The number of nitrogens with zero attached hydrogens (tertiary/aromatic N) is 2. The van der Waals surface area contributed by atoms with Crippen LogP contribution in [0.15, 0.2) is 11.4 Å². The van der Waals surface area contributed by atoms with E-state index in [9.17, 15) is 4.79 Å². The first-order valence-electron chi connectivity index (χ1n) is 5.11. The number of nitrogens with one attached hydrogen (secondary N) is 1. The average Bonchev–Trinajstić information content (AvgIpc) is 2.22. The topological polar surface area (TPSA) is 75.1 Å². The highest BCUT2D eigenvalue weighted by molar-refractivity contribution is 7.98. The molecule has 0 aromatic carbocycles. The number of hydrogen-bond acceptors (Lipinski definition) is 5. The number of aromatic carboxylic acids is 1. The van der Waals surface area contributed by atoms with E-state index in [1.54, 1.807) is 0 Å². The third kappa shape index (κ3) is 2.27. The SMILES string of the molecule is CSc1ncc(C(=O)O)c(NC2CCC2)n1. The summed E-state index contributed by atoms with van der Waals surface area (Å²) in [6.07, 6.45) is 6.58. The molecule has 1 aromatic heterocycles. The first kappa shape index (κ1) is 11.2. The van der Waals surface area contributed by atoms with E-state index in [1.165, 1.54) is 24.4 Å². The summed E-state index contributed by atoms with van der Waals surface area (Å²) in [7, 11) is 0. The van der Waals surface area contributed by atoms with Gasteiger partial charge in [0.1, 0.15) is 11.4 Å². The minimum atomic E-state index is -0.991. The first-order valence-corrected chi connectivity index (χ1v) is 6.34. The normalized spacial score (nSPS) is 15.6. The lowest BCUT2D eigenvalue weighted by Gasteiger charge is -2.27. The van der Waals surface area contributed by atoms with E-state index in [0.717, 1.165) is 12.8 Å². The van der Waals surface area contributed by atoms with Crippen molar-refractivity contribution in [1.29, 1.82) is 0 Å². The zero-order valence-corrected chi connectivity index (χ0v) is 9.75. The van der Waals surface area contributed by atoms with Gasteiger partial charge >= 0.3 is 5.97 Å². The Labute approximate surface area is 97.7 Å². The maximum Gasteiger partial charge on any atom is 0.341 e. The molecule has 0 atom stereocenters. The van der Waals surface area contributed by atoms with Crippen LogP contribution in [0.2, 0.25) is 0 Å². The molecule has 6 heteroatoms. The molecule has 2 N–H and O–H groups in total. The van der Waals surface area contributed by atoms with Crippen molar-refractivity contribution in [3.8, 4) is 0 Å². The molecule has 86 valence electrons. The lowest BCUT2D eigenvalue weighted by atomic mass is 9.93. The standard InChI is InChI=1S/C10H13N3O2S/c1-16-10-11-5-7(9(14)15)8(13-10)12-6-3-2-4-6/h5-6H,2-4H2,1H3,(H,14,15)(H,11,12,13). The Bertz CT molecular complexity index is 407. The van der Waals surface area contributed by atoms with Crippen LogP contribution in [0.4, 0.5) is 5.82 Å². The molecule has 1 heterocycles. The Morgan fingerprint density at radius 3 is 2.88 bits per heavy atom. The van der Waals surface area contributed by atoms with Crippen LogP contribution in [0, 0.1) is 0 Å². The number of anilines is 1. The molecule has 0 spiro atoms. The largest absolute Gasteiger partial charge is 0.477 e. The number of rotatable bonds is 4. The minimum absolute atomic E-state index is 0.143. The van der Waals surface area contributed by atoms with Crippen molar-refractivity contribution in [3.05, 3.63) is 11.8 Å². The maximum atomic E-state index is 11.0. The summed E-state index contributed by atoms with van der Waals surface area (Å²) in [5.74, 6) is -0.550. The van der Waals surface area contributed by atoms with Crippen molar-refractivity contribution >= 4 is 23.5 Å². The fraction of sp³-hybridized carbons (Fsp3) is 0.500. The fourth-order valence-corrected chi connectivity index (χ4v) is 1.82. The highest BCUT2D eigenvalue weighted by Crippen LogP contribution is 2.25. The Hall–Kier alpha value is -1.30. The summed E-state index contributed by atoms with van der Waals surface area (Å²) in [5, 5.41) is 12.8. The molecular formula is C10H13N3O2S. The van der Waals surface area contributed by atoms with Crippen molar-refractivity contribution in [3.63, 3.8) is 0 Å². The lowest BCUT2D eigenvalue weighted by Crippen LogP contribution is -2.28. The van der Waals surface area contributed by atoms with Gasteiger partial charge in [0.25, 0.3) is 0 Å². The smallest absolute Gasteiger partial charge is 0.341 e. The van der Waals surface area contributed by atoms with Crippen molar-refractivity contribution in [2.24, 2.45) is 0 Å². The number of aromatic nitrogens is 2. The second-order valence-electron chi connectivity index (χ2n) is 3.70. The summed E-state index contributed by atoms with van der Waals surface area (Å²) in [6.45, 7) is 0. The van der Waals surface area contributed by atoms with E-state index in [0.29, 0.717) is 17.0 Å². The first-order chi connectivity index (χ1) is 7.70. The van der Waals surface area contributed by atoms with Crippen LogP contribution in [0.3, 0.4) is 0 Å². The van der Waals surface area contributed by atoms with E-state index in [2.05, 4.69) is 15.3 Å². The predicted molar refractivity (Wildman–Crippen MR) is 62.0 cm³/mol. The van der Waals surface area contributed by atoms with Gasteiger partial charge in [0, 0.05) is 12.2 Å². The van der Waals surface area contributed by atoms with Gasteiger partial charge in [0.05, 0.1) is 0 Å². The van der Waals surface area contributed by atoms with Gasteiger partial charge in [-0.25, -0.2) is 14.8 Å². The number of thioether (sulfide) groups is 1. The highest BCUT2D eigenvalue weighted by Gasteiger charge is 2.21. The molecule has 0 aliphatic heterocycles. The van der Waals surface area contributed by atoms with Gasteiger partial charge in [-0.3, -0.25) is 0 Å². The Morgan fingerprint density at radius 2 is 2.38 bits per heavy atom. The fourth-order valence-electron chi connectivity index (χ4n) is 1.48. The molecule has 2 rings (SSSR count). The van der Waals surface area contributed by atoms with Gasteiger partial charge in [0.15, 0.2) is 5.16 Å². The molecule has 0 radical (unpaired) electrons. The number of carbonyl (C=O) groups is 1. The van der Waals surface area contributed by atoms with Crippen molar-refractivity contribution in [1.82, 2.24) is 9.97 Å². The number of carboxylic acid groups (broad SMARTS) is 1. The van der Waals surface area contributed by atoms with Crippen molar-refractivity contribution < 1.29 is 9.90 Å². The molecule has 1 aromatic rings. The average molecular weight is 239 g/mol. The predicted octanol–water partition coefficient (Wildman–Crippen LogP) is 1.86. The van der Waals surface area contributed by atoms with Crippen molar-refractivity contribution in [2.45, 2.75) is 30.5 Å². The van der Waals surface area contributed by atoms with Crippen LogP contribution in [-0.4, -0.2) is 33.3 Å². The second kappa shape index (κ2) is 4.69. The van der Waals surface area contributed by atoms with Gasteiger partial charge < -0.3 is 10.4 Å². The lowest BCUT2D eigenvalue weighted by molar-refractivity contribution is 0.0697. The molecule has 1 saturated carbocycles. The number of carboxylic acids is 1. The third-order valence-electron chi connectivity index (χ3n) is 2.63. The van der Waals surface area contributed by atoms with Gasteiger partial charge in [-0.2, -0.15) is 0 Å². The molecule has 5 nitrogen and oxygen atoms in total. The summed E-state index contributed by atoms with van der Waals surface area (Å²) in [5.41, 5.74) is 0.143. The molecule has 1 aliphatic carbocycles. The maximum absolute atomic E-state index is 11.0. The number of hydrogen-bond donors (Lipinski definition) is 2. The molecular weight excluding hydrogens is 226 g/mol. The van der Waals surface area contributed by atoms with Gasteiger partial charge in [-0.15, -0.1) is 0 Å². The van der Waals surface area contributed by atoms with Gasteiger partial charge in [-0.05, 0) is 25.5 Å². The van der Waals surface area contributed by atoms with E-state index in [-0.39, 0.29) is 5.56 Å². The second-order valence-corrected chi connectivity index (χ2v) is 4.47. The molecule has 0 bridgehead atoms. The summed E-state index contributed by atoms with van der Waals surface area (Å²) in [6, 6.07) is 0.364. The molecule has 1 fully saturated rings. The Kier molecular flexibility index (Phi) is 3.28. The van der Waals surface area contributed by atoms with Crippen molar-refractivity contribution in [2.75, 3.05) is 11.6 Å². The zero-order valence-electron chi connectivity index (χ0n) is 8.93. The summed E-state index contributed by atoms with van der Waals surface area (Å²) >= 11 is 1.40. The quantitative estimate of drug-likeness (QED) is 0.617. The molecule has 0 unspecified atom stereocenters. The van der Waals surface area contributed by atoms with E-state index < -0.39 is 5.97 Å². The zero-order chi connectivity index (χ0) is 11.5. The Morgan fingerprint density at radius 1 is 1.62 bits per heavy atom. The monoisotopic (exact) mass is 239 g/mol. The van der Waals surface area contributed by atoms with Gasteiger partial charge in [-0.1, -0.05) is 11.8 Å². The van der Waals surface area contributed by atoms with Crippen LogP contribution in [-0.2, 0) is 0 Å². The minimum Gasteiger partial charge on any atom is -0.477 e. The summed E-state index contributed by atoms with van der Waals surface area (Å²) < 4.78 is 0. The van der Waals surface area contributed by atoms with E-state index in [4.69, 9.17) is 5.11 Å². The van der Waals surface area contributed by atoms with Crippen LogP contribution < -0.4 is 5.32 Å². The van der Waals surface area contributed by atoms with E-state index >= 15 is 0 Å². The molecule has 0 amide bonds. The highest BCUT2D eigenvalue weighted by atomic mass is 32.2. The van der Waals surface area contributed by atoms with E-state index in [1.807, 2.05) is 6.26 Å². The molecule has 0 saturated heterocycles. The van der Waals surface area contributed by atoms with Crippen LogP contribution >= 0.6 is 11.8 Å². The molecule has 1 aliphatic rings. The van der Waals surface area contributed by atoms with Crippen LogP contribution in [0.1, 0.15) is 29.6 Å². The van der Waals surface area contributed by atoms with Crippen LogP contribution in [0.5, 0.6) is 0 Å². The van der Waals surface area contributed by atoms with Gasteiger partial charge in [0.2, 0.25) is 0 Å². The molecule has 16 heavy (non-hydrogen) atoms.